The van der Waals surface area contributed by atoms with E-state index in [1.165, 1.54) is 12.1 Å². The van der Waals surface area contributed by atoms with E-state index in [-0.39, 0.29) is 24.9 Å². The monoisotopic (exact) mass is 365 g/mol. The zero-order valence-electron chi connectivity index (χ0n) is 11.7. The summed E-state index contributed by atoms with van der Waals surface area (Å²) in [6.45, 7) is 0.0739. The Morgan fingerprint density at radius 2 is 1.86 bits per heavy atom. The summed E-state index contributed by atoms with van der Waals surface area (Å²) in [7, 11) is 0. The van der Waals surface area contributed by atoms with Gasteiger partial charge in [-0.2, -0.15) is 13.2 Å². The lowest BCUT2D eigenvalue weighted by Gasteiger charge is -2.37. The van der Waals surface area contributed by atoms with Gasteiger partial charge in [0, 0.05) is 17.1 Å². The van der Waals surface area contributed by atoms with Crippen molar-refractivity contribution in [3.8, 4) is 0 Å². The maximum atomic E-state index is 13.2. The fourth-order valence-electron chi connectivity index (χ4n) is 2.98. The summed E-state index contributed by atoms with van der Waals surface area (Å²) in [6.07, 6.45) is 0.560. The second-order valence-corrected chi connectivity index (χ2v) is 6.28. The van der Waals surface area contributed by atoms with Crippen LogP contribution in [-0.4, -0.2) is 24.3 Å². The molecule has 6 heteroatoms. The zero-order valence-corrected chi connectivity index (χ0v) is 13.3. The van der Waals surface area contributed by atoms with Crippen LogP contribution in [-0.2, 0) is 6.18 Å². The molecule has 0 saturated heterocycles. The normalized spacial score (nSPS) is 17.0. The Balaban J connectivity index is 2.40. The van der Waals surface area contributed by atoms with Crippen LogP contribution in [0.2, 0.25) is 0 Å². The fourth-order valence-corrected chi connectivity index (χ4v) is 3.33. The van der Waals surface area contributed by atoms with Gasteiger partial charge >= 0.3 is 6.18 Å². The zero-order chi connectivity index (χ0) is 15.5. The van der Waals surface area contributed by atoms with Crippen molar-refractivity contribution in [2.45, 2.75) is 44.3 Å². The van der Waals surface area contributed by atoms with Crippen LogP contribution in [0.1, 0.15) is 37.7 Å². The summed E-state index contributed by atoms with van der Waals surface area (Å²) in [6, 6.07) is 4.09. The minimum atomic E-state index is -4.39. The standard InChI is InChI=1S/C15H19BrF3NO/c16-11-6-7-13(15(17,18)19)14(10-11)20(8-9-21)12-4-2-1-3-5-12/h6-7,10,12,21H,1-5,8-9H2. The first kappa shape index (κ1) is 16.6. The molecule has 2 nitrogen and oxygen atoms in total. The largest absolute Gasteiger partial charge is 0.418 e. The molecule has 0 unspecified atom stereocenters. The first-order valence-corrected chi connectivity index (χ1v) is 7.97. The second kappa shape index (κ2) is 7.01. The van der Waals surface area contributed by atoms with Gasteiger partial charge in [0.25, 0.3) is 0 Å². The lowest BCUT2D eigenvalue weighted by Crippen LogP contribution is -2.40. The van der Waals surface area contributed by atoms with Gasteiger partial charge in [0.1, 0.15) is 0 Å². The van der Waals surface area contributed by atoms with Gasteiger partial charge in [-0.25, -0.2) is 0 Å². The Bertz CT molecular complexity index is 472. The van der Waals surface area contributed by atoms with Crippen molar-refractivity contribution in [2.75, 3.05) is 18.1 Å². The minimum absolute atomic E-state index is 0.0706. The van der Waals surface area contributed by atoms with Crippen molar-refractivity contribution in [1.82, 2.24) is 0 Å². The molecular weight excluding hydrogens is 347 g/mol. The number of hydrogen-bond acceptors (Lipinski definition) is 2. The number of hydrogen-bond donors (Lipinski definition) is 1. The predicted molar refractivity (Wildman–Crippen MR) is 80.4 cm³/mol. The average molecular weight is 366 g/mol. The molecule has 1 fully saturated rings. The molecule has 1 aromatic rings. The molecule has 0 heterocycles. The molecule has 118 valence electrons. The molecule has 0 atom stereocenters. The summed E-state index contributed by atoms with van der Waals surface area (Å²) >= 11 is 3.25. The molecule has 0 aliphatic heterocycles. The number of halogens is 4. The van der Waals surface area contributed by atoms with Crippen LogP contribution < -0.4 is 4.90 Å². The van der Waals surface area contributed by atoms with Crippen molar-refractivity contribution in [1.29, 1.82) is 0 Å². The Kier molecular flexibility index (Phi) is 5.54. The molecule has 1 aliphatic rings. The molecule has 2 rings (SSSR count). The Hall–Kier alpha value is -0.750. The Morgan fingerprint density at radius 1 is 1.19 bits per heavy atom. The van der Waals surface area contributed by atoms with E-state index in [4.69, 9.17) is 0 Å². The van der Waals surface area contributed by atoms with Crippen molar-refractivity contribution >= 4 is 21.6 Å². The SMILES string of the molecule is OCCN(c1cc(Br)ccc1C(F)(F)F)C1CCCCC1. The summed E-state index contributed by atoms with van der Waals surface area (Å²) < 4.78 is 40.3. The van der Waals surface area contributed by atoms with E-state index >= 15 is 0 Å². The number of nitrogens with zero attached hydrogens (tertiary/aromatic N) is 1. The van der Waals surface area contributed by atoms with Crippen LogP contribution >= 0.6 is 15.9 Å². The van der Waals surface area contributed by atoms with E-state index in [0.29, 0.717) is 4.47 Å². The summed E-state index contributed by atoms with van der Waals surface area (Å²) in [4.78, 5) is 1.73. The van der Waals surface area contributed by atoms with Crippen molar-refractivity contribution < 1.29 is 18.3 Å². The van der Waals surface area contributed by atoms with Gasteiger partial charge in [-0.1, -0.05) is 35.2 Å². The number of aliphatic hydroxyl groups is 1. The first-order valence-electron chi connectivity index (χ1n) is 7.17. The molecule has 0 aromatic heterocycles. The molecule has 21 heavy (non-hydrogen) atoms. The molecule has 1 saturated carbocycles. The van der Waals surface area contributed by atoms with Crippen LogP contribution in [0, 0.1) is 0 Å². The minimum Gasteiger partial charge on any atom is -0.395 e. The van der Waals surface area contributed by atoms with Gasteiger partial charge in [-0.15, -0.1) is 0 Å². The van der Waals surface area contributed by atoms with E-state index < -0.39 is 11.7 Å². The van der Waals surface area contributed by atoms with E-state index in [1.54, 1.807) is 4.90 Å². The van der Waals surface area contributed by atoms with E-state index in [0.717, 1.165) is 38.2 Å². The highest BCUT2D eigenvalue weighted by atomic mass is 79.9. The molecule has 0 amide bonds. The number of aliphatic hydroxyl groups excluding tert-OH is 1. The lowest BCUT2D eigenvalue weighted by atomic mass is 9.93. The molecule has 1 aliphatic carbocycles. The third-order valence-corrected chi connectivity index (χ3v) is 4.42. The highest BCUT2D eigenvalue weighted by Gasteiger charge is 2.36. The third-order valence-electron chi connectivity index (χ3n) is 3.93. The Morgan fingerprint density at radius 3 is 2.43 bits per heavy atom. The quantitative estimate of drug-likeness (QED) is 0.842. The van der Waals surface area contributed by atoms with Crippen molar-refractivity contribution in [3.63, 3.8) is 0 Å². The van der Waals surface area contributed by atoms with Crippen molar-refractivity contribution in [2.24, 2.45) is 0 Å². The highest BCUT2D eigenvalue weighted by molar-refractivity contribution is 9.10. The highest BCUT2D eigenvalue weighted by Crippen LogP contribution is 2.40. The smallest absolute Gasteiger partial charge is 0.395 e. The summed E-state index contributed by atoms with van der Waals surface area (Å²) in [5.41, 5.74) is -0.470. The van der Waals surface area contributed by atoms with Gasteiger partial charge < -0.3 is 10.0 Å². The van der Waals surface area contributed by atoms with E-state index in [1.807, 2.05) is 0 Å². The number of benzene rings is 1. The molecule has 0 bridgehead atoms. The summed E-state index contributed by atoms with van der Waals surface area (Å²) in [5, 5.41) is 9.26. The van der Waals surface area contributed by atoms with Gasteiger partial charge in [-0.05, 0) is 31.0 Å². The van der Waals surface area contributed by atoms with Crippen LogP contribution in [0.4, 0.5) is 18.9 Å². The third kappa shape index (κ3) is 4.13. The van der Waals surface area contributed by atoms with E-state index in [9.17, 15) is 18.3 Å². The summed E-state index contributed by atoms with van der Waals surface area (Å²) in [5.74, 6) is 0. The topological polar surface area (TPSA) is 23.5 Å². The molecule has 0 spiro atoms. The fraction of sp³-hybridized carbons (Fsp3) is 0.600. The molecule has 1 aromatic carbocycles. The average Bonchev–Trinajstić information content (AvgIpc) is 2.44. The molecule has 0 radical (unpaired) electrons. The van der Waals surface area contributed by atoms with Crippen LogP contribution in [0.3, 0.4) is 0 Å². The molecule has 1 N–H and O–H groups in total. The number of anilines is 1. The van der Waals surface area contributed by atoms with Crippen molar-refractivity contribution in [3.05, 3.63) is 28.2 Å². The predicted octanol–water partition coefficient (Wildman–Crippen LogP) is 4.60. The maximum absolute atomic E-state index is 13.2. The lowest BCUT2D eigenvalue weighted by molar-refractivity contribution is -0.137. The van der Waals surface area contributed by atoms with E-state index in [2.05, 4.69) is 15.9 Å². The second-order valence-electron chi connectivity index (χ2n) is 5.37. The number of rotatable bonds is 4. The van der Waals surface area contributed by atoms with Gasteiger partial charge in [0.2, 0.25) is 0 Å². The van der Waals surface area contributed by atoms with Crippen LogP contribution in [0.25, 0.3) is 0 Å². The first-order chi connectivity index (χ1) is 9.93. The van der Waals surface area contributed by atoms with Gasteiger partial charge in [0.05, 0.1) is 17.9 Å². The van der Waals surface area contributed by atoms with Gasteiger partial charge in [-0.3, -0.25) is 0 Å². The van der Waals surface area contributed by atoms with Crippen LogP contribution in [0.15, 0.2) is 22.7 Å². The Labute approximate surface area is 131 Å². The van der Waals surface area contributed by atoms with Gasteiger partial charge in [0.15, 0.2) is 0 Å². The number of alkyl halides is 3. The van der Waals surface area contributed by atoms with Crippen LogP contribution in [0.5, 0.6) is 0 Å². The molecular formula is C15H19BrF3NO. The maximum Gasteiger partial charge on any atom is 0.418 e.